The molecule has 96 valence electrons. The lowest BCUT2D eigenvalue weighted by molar-refractivity contribution is 0.295. The fourth-order valence-electron chi connectivity index (χ4n) is 1.98. The number of anilines is 1. The van der Waals surface area contributed by atoms with Crippen molar-refractivity contribution in [3.05, 3.63) is 17.0 Å². The van der Waals surface area contributed by atoms with Crippen molar-refractivity contribution in [1.29, 1.82) is 0 Å². The molecule has 1 heterocycles. The van der Waals surface area contributed by atoms with Crippen LogP contribution in [0.3, 0.4) is 0 Å². The normalized spacial score (nSPS) is 10.9. The topological polar surface area (TPSA) is 49.2 Å². The van der Waals surface area contributed by atoms with Gasteiger partial charge in [-0.25, -0.2) is 9.97 Å². The zero-order chi connectivity index (χ0) is 12.8. The summed E-state index contributed by atoms with van der Waals surface area (Å²) in [5, 5.41) is 9.60. The van der Waals surface area contributed by atoms with E-state index in [1.54, 1.807) is 6.07 Å². The highest BCUT2D eigenvalue weighted by atomic mass is 35.5. The Morgan fingerprint density at radius 2 is 2.00 bits per heavy atom. The Labute approximate surface area is 108 Å². The summed E-state index contributed by atoms with van der Waals surface area (Å²) in [5.74, 6) is 1.45. The number of rotatable bonds is 6. The SMILES string of the molecule is CCC(CC)N(CCO)c1cc(Cl)nc(C)n1. The molecule has 0 unspecified atom stereocenters. The molecule has 0 saturated heterocycles. The number of aryl methyl sites for hydroxylation is 1. The summed E-state index contributed by atoms with van der Waals surface area (Å²) in [4.78, 5) is 10.5. The van der Waals surface area contributed by atoms with Gasteiger partial charge in [0.05, 0.1) is 6.61 Å². The van der Waals surface area contributed by atoms with Gasteiger partial charge in [0.2, 0.25) is 0 Å². The number of aliphatic hydroxyl groups excluding tert-OH is 1. The van der Waals surface area contributed by atoms with Crippen molar-refractivity contribution in [1.82, 2.24) is 9.97 Å². The molecule has 5 heteroatoms. The van der Waals surface area contributed by atoms with Gasteiger partial charge in [0, 0.05) is 18.7 Å². The number of hydrogen-bond donors (Lipinski definition) is 1. The van der Waals surface area contributed by atoms with Crippen LogP contribution in [0.5, 0.6) is 0 Å². The maximum atomic E-state index is 9.16. The summed E-state index contributed by atoms with van der Waals surface area (Å²) in [6.45, 7) is 6.76. The molecule has 0 bridgehead atoms. The lowest BCUT2D eigenvalue weighted by Gasteiger charge is -2.31. The third-order valence-electron chi connectivity index (χ3n) is 2.81. The molecule has 0 aliphatic carbocycles. The number of aromatic nitrogens is 2. The van der Waals surface area contributed by atoms with Crippen LogP contribution in [0.25, 0.3) is 0 Å². The second-order valence-electron chi connectivity index (χ2n) is 3.98. The van der Waals surface area contributed by atoms with E-state index in [1.807, 2.05) is 6.92 Å². The zero-order valence-corrected chi connectivity index (χ0v) is 11.4. The standard InChI is InChI=1S/C12H20ClN3O/c1-4-10(5-2)16(6-7-17)12-8-11(13)14-9(3)15-12/h8,10,17H,4-7H2,1-3H3. The first-order valence-corrected chi connectivity index (χ1v) is 6.38. The zero-order valence-electron chi connectivity index (χ0n) is 10.6. The minimum Gasteiger partial charge on any atom is -0.395 e. The lowest BCUT2D eigenvalue weighted by atomic mass is 10.1. The molecule has 1 aromatic rings. The smallest absolute Gasteiger partial charge is 0.134 e. The van der Waals surface area contributed by atoms with Gasteiger partial charge >= 0.3 is 0 Å². The number of hydrogen-bond acceptors (Lipinski definition) is 4. The molecule has 0 aliphatic heterocycles. The average Bonchev–Trinajstić information content (AvgIpc) is 2.28. The van der Waals surface area contributed by atoms with Crippen LogP contribution >= 0.6 is 11.6 Å². The Balaban J connectivity index is 3.03. The van der Waals surface area contributed by atoms with E-state index in [-0.39, 0.29) is 6.61 Å². The van der Waals surface area contributed by atoms with Crippen molar-refractivity contribution in [2.24, 2.45) is 0 Å². The van der Waals surface area contributed by atoms with E-state index >= 15 is 0 Å². The van der Waals surface area contributed by atoms with Crippen LogP contribution in [-0.2, 0) is 0 Å². The molecule has 0 atom stereocenters. The maximum absolute atomic E-state index is 9.16. The second kappa shape index (κ2) is 6.77. The molecule has 0 radical (unpaired) electrons. The fraction of sp³-hybridized carbons (Fsp3) is 0.667. The van der Waals surface area contributed by atoms with Crippen LogP contribution in [0.1, 0.15) is 32.5 Å². The van der Waals surface area contributed by atoms with Crippen molar-refractivity contribution < 1.29 is 5.11 Å². The van der Waals surface area contributed by atoms with Crippen molar-refractivity contribution in [3.63, 3.8) is 0 Å². The summed E-state index contributed by atoms with van der Waals surface area (Å²) >= 11 is 5.95. The predicted octanol–water partition coefficient (Wildman–Crippen LogP) is 2.43. The molecule has 17 heavy (non-hydrogen) atoms. The summed E-state index contributed by atoms with van der Waals surface area (Å²) < 4.78 is 0. The van der Waals surface area contributed by atoms with E-state index in [0.717, 1.165) is 18.7 Å². The molecule has 0 amide bonds. The quantitative estimate of drug-likeness (QED) is 0.796. The van der Waals surface area contributed by atoms with Crippen molar-refractivity contribution in [2.75, 3.05) is 18.1 Å². The highest BCUT2D eigenvalue weighted by Gasteiger charge is 2.17. The van der Waals surface area contributed by atoms with Crippen LogP contribution in [0.15, 0.2) is 6.07 Å². The van der Waals surface area contributed by atoms with Crippen LogP contribution < -0.4 is 4.90 Å². The molecule has 1 N–H and O–H groups in total. The number of halogens is 1. The molecule has 4 nitrogen and oxygen atoms in total. The Morgan fingerprint density at radius 1 is 1.35 bits per heavy atom. The van der Waals surface area contributed by atoms with Crippen molar-refractivity contribution in [2.45, 2.75) is 39.7 Å². The van der Waals surface area contributed by atoms with Gasteiger partial charge in [-0.05, 0) is 19.8 Å². The van der Waals surface area contributed by atoms with E-state index in [2.05, 4.69) is 28.7 Å². The van der Waals surface area contributed by atoms with Gasteiger partial charge in [-0.2, -0.15) is 0 Å². The lowest BCUT2D eigenvalue weighted by Crippen LogP contribution is -2.37. The van der Waals surface area contributed by atoms with E-state index in [9.17, 15) is 0 Å². The van der Waals surface area contributed by atoms with Gasteiger partial charge in [0.25, 0.3) is 0 Å². The summed E-state index contributed by atoms with van der Waals surface area (Å²) in [7, 11) is 0. The minimum absolute atomic E-state index is 0.108. The first kappa shape index (κ1) is 14.2. The molecule has 0 aliphatic rings. The highest BCUT2D eigenvalue weighted by Crippen LogP contribution is 2.20. The van der Waals surface area contributed by atoms with E-state index in [1.165, 1.54) is 0 Å². The van der Waals surface area contributed by atoms with Crippen LogP contribution in [0, 0.1) is 6.92 Å². The summed E-state index contributed by atoms with van der Waals surface area (Å²) in [6, 6.07) is 2.12. The summed E-state index contributed by atoms with van der Waals surface area (Å²) in [6.07, 6.45) is 2.02. The van der Waals surface area contributed by atoms with Gasteiger partial charge in [-0.1, -0.05) is 25.4 Å². The molecule has 0 fully saturated rings. The van der Waals surface area contributed by atoms with E-state index in [0.29, 0.717) is 23.6 Å². The predicted molar refractivity (Wildman–Crippen MR) is 70.6 cm³/mol. The first-order chi connectivity index (χ1) is 8.12. The van der Waals surface area contributed by atoms with Crippen LogP contribution in [-0.4, -0.2) is 34.3 Å². The highest BCUT2D eigenvalue weighted by molar-refractivity contribution is 6.29. The minimum atomic E-state index is 0.108. The van der Waals surface area contributed by atoms with Gasteiger partial charge in [0.1, 0.15) is 16.8 Å². The Hall–Kier alpha value is -0.870. The monoisotopic (exact) mass is 257 g/mol. The van der Waals surface area contributed by atoms with Gasteiger partial charge < -0.3 is 10.0 Å². The van der Waals surface area contributed by atoms with Gasteiger partial charge in [0.15, 0.2) is 0 Å². The van der Waals surface area contributed by atoms with E-state index < -0.39 is 0 Å². The molecular weight excluding hydrogens is 238 g/mol. The molecule has 0 aromatic carbocycles. The van der Waals surface area contributed by atoms with Crippen molar-refractivity contribution >= 4 is 17.4 Å². The fourth-order valence-corrected chi connectivity index (χ4v) is 2.20. The Kier molecular flexibility index (Phi) is 5.65. The van der Waals surface area contributed by atoms with Gasteiger partial charge in [-0.15, -0.1) is 0 Å². The Bertz CT molecular complexity index is 335. The van der Waals surface area contributed by atoms with Crippen LogP contribution in [0.4, 0.5) is 5.82 Å². The molecule has 1 rings (SSSR count). The first-order valence-electron chi connectivity index (χ1n) is 6.01. The second-order valence-corrected chi connectivity index (χ2v) is 4.37. The van der Waals surface area contributed by atoms with Gasteiger partial charge in [-0.3, -0.25) is 0 Å². The molecule has 0 saturated carbocycles. The van der Waals surface area contributed by atoms with E-state index in [4.69, 9.17) is 16.7 Å². The average molecular weight is 258 g/mol. The maximum Gasteiger partial charge on any atom is 0.134 e. The molecule has 1 aromatic heterocycles. The third-order valence-corrected chi connectivity index (χ3v) is 3.01. The molecule has 0 spiro atoms. The largest absolute Gasteiger partial charge is 0.395 e. The third kappa shape index (κ3) is 3.82. The number of aliphatic hydroxyl groups is 1. The number of nitrogens with zero attached hydrogens (tertiary/aromatic N) is 3. The summed E-state index contributed by atoms with van der Waals surface area (Å²) in [5.41, 5.74) is 0. The van der Waals surface area contributed by atoms with Crippen LogP contribution in [0.2, 0.25) is 5.15 Å². The van der Waals surface area contributed by atoms with Crippen molar-refractivity contribution in [3.8, 4) is 0 Å². The molecular formula is C12H20ClN3O. The Morgan fingerprint density at radius 3 is 2.47 bits per heavy atom.